The van der Waals surface area contributed by atoms with Gasteiger partial charge in [-0.2, -0.15) is 0 Å². The highest BCUT2D eigenvalue weighted by Crippen LogP contribution is 2.13. The van der Waals surface area contributed by atoms with Crippen LogP contribution in [0.3, 0.4) is 0 Å². The number of hydrogen-bond donors (Lipinski definition) is 1. The molecule has 90 valence electrons. The van der Waals surface area contributed by atoms with E-state index in [-0.39, 0.29) is 6.42 Å². The van der Waals surface area contributed by atoms with Crippen LogP contribution in [0.4, 0.5) is 0 Å². The van der Waals surface area contributed by atoms with Crippen molar-refractivity contribution < 1.29 is 9.90 Å². The van der Waals surface area contributed by atoms with Crippen LogP contribution in [-0.2, 0) is 17.8 Å². The van der Waals surface area contributed by atoms with E-state index in [2.05, 4.69) is 17.3 Å². The Morgan fingerprint density at radius 1 is 1.62 bits per heavy atom. The third-order valence-electron chi connectivity index (χ3n) is 2.20. The number of nitrogens with zero attached hydrogens (tertiary/aromatic N) is 2. The molecule has 4 nitrogen and oxygen atoms in total. The molecular weight excluding hydrogens is 224 g/mol. The van der Waals surface area contributed by atoms with Crippen molar-refractivity contribution in [3.05, 3.63) is 16.1 Å². The fraction of sp³-hybridized carbons (Fsp3) is 0.636. The molecule has 1 heterocycles. The van der Waals surface area contributed by atoms with Gasteiger partial charge in [0.2, 0.25) is 0 Å². The van der Waals surface area contributed by atoms with E-state index in [1.54, 1.807) is 11.3 Å². The van der Waals surface area contributed by atoms with Crippen LogP contribution in [0.5, 0.6) is 0 Å². The van der Waals surface area contributed by atoms with Gasteiger partial charge in [0.15, 0.2) is 0 Å². The van der Waals surface area contributed by atoms with E-state index in [0.717, 1.165) is 25.1 Å². The normalized spacial score (nSPS) is 10.9. The molecule has 0 spiro atoms. The van der Waals surface area contributed by atoms with E-state index >= 15 is 0 Å². The Bertz CT molecular complexity index is 338. The molecule has 0 atom stereocenters. The van der Waals surface area contributed by atoms with Gasteiger partial charge in [-0.1, -0.05) is 6.92 Å². The summed E-state index contributed by atoms with van der Waals surface area (Å²) in [5.41, 5.74) is 1.04. The van der Waals surface area contributed by atoms with Crippen molar-refractivity contribution in [2.75, 3.05) is 13.6 Å². The number of rotatable bonds is 7. The number of thiazole rings is 1. The van der Waals surface area contributed by atoms with Crippen LogP contribution in [0.1, 0.15) is 30.5 Å². The first-order chi connectivity index (χ1) is 7.61. The summed E-state index contributed by atoms with van der Waals surface area (Å²) in [6.07, 6.45) is 2.33. The Balaban J connectivity index is 2.37. The Morgan fingerprint density at radius 2 is 2.38 bits per heavy atom. The highest BCUT2D eigenvalue weighted by molar-refractivity contribution is 7.09. The molecule has 1 aromatic heterocycles. The van der Waals surface area contributed by atoms with Gasteiger partial charge >= 0.3 is 5.97 Å². The molecular formula is C11H18N2O2S. The summed E-state index contributed by atoms with van der Waals surface area (Å²) >= 11 is 1.69. The van der Waals surface area contributed by atoms with E-state index < -0.39 is 5.97 Å². The fourth-order valence-corrected chi connectivity index (χ4v) is 2.28. The highest BCUT2D eigenvalue weighted by Gasteiger charge is 2.06. The zero-order valence-electron chi connectivity index (χ0n) is 9.77. The summed E-state index contributed by atoms with van der Waals surface area (Å²) < 4.78 is 0. The average Bonchev–Trinajstić information content (AvgIpc) is 2.63. The first-order valence-electron chi connectivity index (χ1n) is 5.45. The maximum atomic E-state index is 10.4. The van der Waals surface area contributed by atoms with Gasteiger partial charge in [-0.3, -0.25) is 9.69 Å². The minimum Gasteiger partial charge on any atom is -0.481 e. The van der Waals surface area contributed by atoms with Crippen LogP contribution in [0.2, 0.25) is 0 Å². The van der Waals surface area contributed by atoms with Crippen molar-refractivity contribution in [3.63, 3.8) is 0 Å². The molecule has 0 radical (unpaired) electrons. The standard InChI is InChI=1S/C11H18N2O2S/c1-3-4-10-12-9(8-16-10)7-13(2)6-5-11(14)15/h8H,3-7H2,1-2H3,(H,14,15). The summed E-state index contributed by atoms with van der Waals surface area (Å²) in [6, 6.07) is 0. The molecule has 0 bridgehead atoms. The molecule has 0 saturated heterocycles. The maximum Gasteiger partial charge on any atom is 0.304 e. The predicted octanol–water partition coefficient (Wildman–Crippen LogP) is 2.00. The Morgan fingerprint density at radius 3 is 3.00 bits per heavy atom. The molecule has 1 N–H and O–H groups in total. The summed E-state index contributed by atoms with van der Waals surface area (Å²) in [4.78, 5) is 16.9. The van der Waals surface area contributed by atoms with Crippen molar-refractivity contribution in [3.8, 4) is 0 Å². The molecule has 0 amide bonds. The van der Waals surface area contributed by atoms with Crippen LogP contribution in [-0.4, -0.2) is 34.6 Å². The topological polar surface area (TPSA) is 53.4 Å². The summed E-state index contributed by atoms with van der Waals surface area (Å²) in [5, 5.41) is 11.8. The molecule has 0 aliphatic carbocycles. The zero-order chi connectivity index (χ0) is 12.0. The van der Waals surface area contributed by atoms with Crippen LogP contribution >= 0.6 is 11.3 Å². The van der Waals surface area contributed by atoms with Crippen LogP contribution in [0, 0.1) is 0 Å². The van der Waals surface area contributed by atoms with Gasteiger partial charge < -0.3 is 5.11 Å². The van der Waals surface area contributed by atoms with Crippen molar-refractivity contribution in [1.29, 1.82) is 0 Å². The number of carboxylic acid groups (broad SMARTS) is 1. The first kappa shape index (κ1) is 13.1. The monoisotopic (exact) mass is 242 g/mol. The third kappa shape index (κ3) is 4.72. The Labute approximate surface area is 99.9 Å². The maximum absolute atomic E-state index is 10.4. The molecule has 0 saturated carbocycles. The van der Waals surface area contributed by atoms with Crippen LogP contribution < -0.4 is 0 Å². The SMILES string of the molecule is CCCc1nc(CN(C)CCC(=O)O)cs1. The number of aryl methyl sites for hydroxylation is 1. The molecule has 0 unspecified atom stereocenters. The molecule has 1 rings (SSSR count). The summed E-state index contributed by atoms with van der Waals surface area (Å²) in [6.45, 7) is 3.43. The van der Waals surface area contributed by atoms with E-state index in [0.29, 0.717) is 6.54 Å². The largest absolute Gasteiger partial charge is 0.481 e. The van der Waals surface area contributed by atoms with Crippen LogP contribution in [0.25, 0.3) is 0 Å². The summed E-state index contributed by atoms with van der Waals surface area (Å²) in [5.74, 6) is -0.753. The molecule has 0 aliphatic rings. The molecule has 16 heavy (non-hydrogen) atoms. The van der Waals surface area contributed by atoms with E-state index in [1.807, 2.05) is 11.9 Å². The van der Waals surface area contributed by atoms with Crippen LogP contribution in [0.15, 0.2) is 5.38 Å². The van der Waals surface area contributed by atoms with E-state index in [1.165, 1.54) is 5.01 Å². The minimum atomic E-state index is -0.753. The van der Waals surface area contributed by atoms with Crippen molar-refractivity contribution in [2.24, 2.45) is 0 Å². The van der Waals surface area contributed by atoms with Gasteiger partial charge in [0.1, 0.15) is 0 Å². The quantitative estimate of drug-likeness (QED) is 0.794. The third-order valence-corrected chi connectivity index (χ3v) is 3.16. The van der Waals surface area contributed by atoms with Crippen molar-refractivity contribution in [2.45, 2.75) is 32.7 Å². The first-order valence-corrected chi connectivity index (χ1v) is 6.33. The van der Waals surface area contributed by atoms with Gasteiger partial charge in [-0.15, -0.1) is 11.3 Å². The van der Waals surface area contributed by atoms with Gasteiger partial charge in [-0.05, 0) is 19.9 Å². The zero-order valence-corrected chi connectivity index (χ0v) is 10.6. The number of hydrogen-bond acceptors (Lipinski definition) is 4. The lowest BCUT2D eigenvalue weighted by molar-refractivity contribution is -0.137. The highest BCUT2D eigenvalue weighted by atomic mass is 32.1. The average molecular weight is 242 g/mol. The molecule has 0 aliphatic heterocycles. The smallest absolute Gasteiger partial charge is 0.304 e. The summed E-state index contributed by atoms with van der Waals surface area (Å²) in [7, 11) is 1.92. The lowest BCUT2D eigenvalue weighted by Gasteiger charge is -2.13. The number of carboxylic acids is 1. The second-order valence-corrected chi connectivity index (χ2v) is 4.81. The van der Waals surface area contributed by atoms with Gasteiger partial charge in [0.05, 0.1) is 17.1 Å². The van der Waals surface area contributed by atoms with Gasteiger partial charge in [-0.25, -0.2) is 4.98 Å². The van der Waals surface area contributed by atoms with E-state index in [4.69, 9.17) is 5.11 Å². The number of carbonyl (C=O) groups is 1. The second kappa shape index (κ2) is 6.60. The molecule has 1 aromatic rings. The minimum absolute atomic E-state index is 0.183. The molecule has 0 aromatic carbocycles. The van der Waals surface area contributed by atoms with Crippen molar-refractivity contribution >= 4 is 17.3 Å². The molecule has 0 fully saturated rings. The Kier molecular flexibility index (Phi) is 5.42. The van der Waals surface area contributed by atoms with E-state index in [9.17, 15) is 4.79 Å². The number of aliphatic carboxylic acids is 1. The van der Waals surface area contributed by atoms with Gasteiger partial charge in [0.25, 0.3) is 0 Å². The lowest BCUT2D eigenvalue weighted by atomic mass is 10.3. The molecule has 5 heteroatoms. The number of aromatic nitrogens is 1. The van der Waals surface area contributed by atoms with Crippen molar-refractivity contribution in [1.82, 2.24) is 9.88 Å². The predicted molar refractivity (Wildman–Crippen MR) is 64.7 cm³/mol. The van der Waals surface area contributed by atoms with Gasteiger partial charge in [0, 0.05) is 18.5 Å². The Hall–Kier alpha value is -0.940. The second-order valence-electron chi connectivity index (χ2n) is 3.86. The fourth-order valence-electron chi connectivity index (χ4n) is 1.39. The lowest BCUT2D eigenvalue weighted by Crippen LogP contribution is -2.21.